The number of carbonyl (C=O) groups excluding carboxylic acids is 2. The standard InChI is InChI=1S/C11H18N2O2/c1-3-10(4-2)11(13-9-15)6-5-7-12-8-14/h10-11H,3-7H2,1-2H3. The van der Waals surface area contributed by atoms with Crippen molar-refractivity contribution in [2.24, 2.45) is 15.9 Å². The number of hydrogen-bond acceptors (Lipinski definition) is 4. The molecule has 84 valence electrons. The zero-order valence-electron chi connectivity index (χ0n) is 9.40. The molecule has 1 atom stereocenters. The molecule has 0 aromatic rings. The summed E-state index contributed by atoms with van der Waals surface area (Å²) in [4.78, 5) is 27.4. The first kappa shape index (κ1) is 13.8. The summed E-state index contributed by atoms with van der Waals surface area (Å²) < 4.78 is 0. The number of hydrogen-bond donors (Lipinski definition) is 0. The summed E-state index contributed by atoms with van der Waals surface area (Å²) >= 11 is 0. The fourth-order valence-electron chi connectivity index (χ4n) is 1.73. The summed E-state index contributed by atoms with van der Waals surface area (Å²) in [5.74, 6) is 0.423. The number of isocyanates is 2. The van der Waals surface area contributed by atoms with Crippen LogP contribution in [0.2, 0.25) is 0 Å². The van der Waals surface area contributed by atoms with Gasteiger partial charge >= 0.3 is 0 Å². The van der Waals surface area contributed by atoms with Crippen molar-refractivity contribution in [3.63, 3.8) is 0 Å². The van der Waals surface area contributed by atoms with Gasteiger partial charge in [0.05, 0.1) is 12.6 Å². The van der Waals surface area contributed by atoms with Crippen LogP contribution >= 0.6 is 0 Å². The minimum Gasteiger partial charge on any atom is -0.211 e. The van der Waals surface area contributed by atoms with E-state index in [-0.39, 0.29) is 6.04 Å². The molecule has 0 aromatic carbocycles. The van der Waals surface area contributed by atoms with Gasteiger partial charge in [-0.3, -0.25) is 0 Å². The fraction of sp³-hybridized carbons (Fsp3) is 0.818. The van der Waals surface area contributed by atoms with Crippen molar-refractivity contribution in [3.8, 4) is 0 Å². The van der Waals surface area contributed by atoms with Crippen LogP contribution in [0.1, 0.15) is 39.5 Å². The number of nitrogens with zero attached hydrogens (tertiary/aromatic N) is 2. The third-order valence-electron chi connectivity index (χ3n) is 2.65. The predicted molar refractivity (Wildman–Crippen MR) is 58.2 cm³/mol. The highest BCUT2D eigenvalue weighted by Crippen LogP contribution is 2.20. The maximum atomic E-state index is 10.3. The molecule has 0 saturated carbocycles. The van der Waals surface area contributed by atoms with Crippen LogP contribution in [0.25, 0.3) is 0 Å². The molecule has 0 fully saturated rings. The Bertz CT molecular complexity index is 249. The quantitative estimate of drug-likeness (QED) is 0.350. The van der Waals surface area contributed by atoms with Crippen molar-refractivity contribution in [1.82, 2.24) is 0 Å². The van der Waals surface area contributed by atoms with Crippen molar-refractivity contribution in [3.05, 3.63) is 0 Å². The normalized spacial score (nSPS) is 11.7. The summed E-state index contributed by atoms with van der Waals surface area (Å²) in [6.45, 7) is 4.64. The second-order valence-corrected chi connectivity index (χ2v) is 3.48. The van der Waals surface area contributed by atoms with Gasteiger partial charge in [-0.2, -0.15) is 0 Å². The molecule has 0 heterocycles. The summed E-state index contributed by atoms with van der Waals surface area (Å²) in [5, 5.41) is 0. The monoisotopic (exact) mass is 210 g/mol. The molecule has 0 radical (unpaired) electrons. The Kier molecular flexibility index (Phi) is 8.55. The molecular formula is C11H18N2O2. The third kappa shape index (κ3) is 5.95. The Hall–Kier alpha value is -1.24. The minimum atomic E-state index is 0.0272. The highest BCUT2D eigenvalue weighted by atomic mass is 16.1. The number of rotatable bonds is 8. The van der Waals surface area contributed by atoms with Crippen LogP contribution in [0.15, 0.2) is 9.98 Å². The van der Waals surface area contributed by atoms with E-state index in [1.54, 1.807) is 6.08 Å². The lowest BCUT2D eigenvalue weighted by atomic mass is 9.91. The van der Waals surface area contributed by atoms with Crippen molar-refractivity contribution < 1.29 is 9.59 Å². The lowest BCUT2D eigenvalue weighted by Crippen LogP contribution is -2.17. The first-order valence-electron chi connectivity index (χ1n) is 5.40. The molecule has 0 rings (SSSR count). The maximum absolute atomic E-state index is 10.3. The van der Waals surface area contributed by atoms with E-state index in [4.69, 9.17) is 0 Å². The highest BCUT2D eigenvalue weighted by molar-refractivity contribution is 5.33. The van der Waals surface area contributed by atoms with Gasteiger partial charge < -0.3 is 0 Å². The summed E-state index contributed by atoms with van der Waals surface area (Å²) in [6.07, 6.45) is 6.68. The van der Waals surface area contributed by atoms with E-state index in [0.717, 1.165) is 25.7 Å². The average molecular weight is 210 g/mol. The fourth-order valence-corrected chi connectivity index (χ4v) is 1.73. The van der Waals surface area contributed by atoms with E-state index < -0.39 is 0 Å². The second-order valence-electron chi connectivity index (χ2n) is 3.48. The van der Waals surface area contributed by atoms with E-state index >= 15 is 0 Å². The highest BCUT2D eigenvalue weighted by Gasteiger charge is 2.16. The molecule has 0 aliphatic rings. The molecule has 15 heavy (non-hydrogen) atoms. The zero-order chi connectivity index (χ0) is 11.5. The Morgan fingerprint density at radius 1 is 1.13 bits per heavy atom. The van der Waals surface area contributed by atoms with Crippen molar-refractivity contribution >= 4 is 12.2 Å². The molecule has 0 amide bonds. The van der Waals surface area contributed by atoms with Crippen LogP contribution in [0.3, 0.4) is 0 Å². The average Bonchev–Trinajstić information content (AvgIpc) is 2.26. The summed E-state index contributed by atoms with van der Waals surface area (Å²) in [5.41, 5.74) is 0. The number of aliphatic imine (C=N–C) groups is 2. The molecule has 4 heteroatoms. The molecule has 0 aromatic heterocycles. The van der Waals surface area contributed by atoms with E-state index in [2.05, 4.69) is 23.8 Å². The van der Waals surface area contributed by atoms with Crippen molar-refractivity contribution in [2.75, 3.05) is 6.54 Å². The van der Waals surface area contributed by atoms with Gasteiger partial charge in [-0.25, -0.2) is 19.6 Å². The molecule has 4 nitrogen and oxygen atoms in total. The third-order valence-corrected chi connectivity index (χ3v) is 2.65. The maximum Gasteiger partial charge on any atom is 0.235 e. The topological polar surface area (TPSA) is 58.9 Å². The first-order chi connectivity index (χ1) is 7.29. The van der Waals surface area contributed by atoms with Crippen LogP contribution in [0.5, 0.6) is 0 Å². The SMILES string of the molecule is CCC(CC)C(CCCN=C=O)N=C=O. The van der Waals surface area contributed by atoms with E-state index in [0.29, 0.717) is 12.5 Å². The lowest BCUT2D eigenvalue weighted by Gasteiger charge is -2.19. The smallest absolute Gasteiger partial charge is 0.211 e. The van der Waals surface area contributed by atoms with Crippen LogP contribution < -0.4 is 0 Å². The predicted octanol–water partition coefficient (Wildman–Crippen LogP) is 2.24. The Balaban J connectivity index is 4.13. The van der Waals surface area contributed by atoms with Crippen LogP contribution in [0.4, 0.5) is 0 Å². The van der Waals surface area contributed by atoms with Crippen molar-refractivity contribution in [2.45, 2.75) is 45.6 Å². The molecule has 0 aliphatic carbocycles. The summed E-state index contributed by atoms with van der Waals surface area (Å²) in [6, 6.07) is 0.0272. The molecular weight excluding hydrogens is 192 g/mol. The van der Waals surface area contributed by atoms with Gasteiger partial charge in [-0.15, -0.1) is 0 Å². The van der Waals surface area contributed by atoms with Gasteiger partial charge in [0.1, 0.15) is 0 Å². The first-order valence-corrected chi connectivity index (χ1v) is 5.40. The van der Waals surface area contributed by atoms with E-state index in [1.165, 1.54) is 6.08 Å². The molecule has 0 spiro atoms. The molecule has 0 N–H and O–H groups in total. The Morgan fingerprint density at radius 3 is 2.27 bits per heavy atom. The molecule has 0 saturated heterocycles. The Labute approximate surface area is 90.5 Å². The largest absolute Gasteiger partial charge is 0.235 e. The Morgan fingerprint density at radius 2 is 1.80 bits per heavy atom. The minimum absolute atomic E-state index is 0.0272. The lowest BCUT2D eigenvalue weighted by molar-refractivity contribution is 0.373. The summed E-state index contributed by atoms with van der Waals surface area (Å²) in [7, 11) is 0. The zero-order valence-corrected chi connectivity index (χ0v) is 9.40. The molecule has 1 unspecified atom stereocenters. The molecule has 0 bridgehead atoms. The van der Waals surface area contributed by atoms with Crippen LogP contribution in [-0.2, 0) is 9.59 Å². The van der Waals surface area contributed by atoms with Gasteiger partial charge in [-0.05, 0) is 18.8 Å². The van der Waals surface area contributed by atoms with Gasteiger partial charge in [-0.1, -0.05) is 26.7 Å². The van der Waals surface area contributed by atoms with Gasteiger partial charge in [0.25, 0.3) is 0 Å². The van der Waals surface area contributed by atoms with Gasteiger partial charge in [0.2, 0.25) is 12.2 Å². The second kappa shape index (κ2) is 9.32. The van der Waals surface area contributed by atoms with Gasteiger partial charge in [0.15, 0.2) is 0 Å². The van der Waals surface area contributed by atoms with Gasteiger partial charge in [0, 0.05) is 0 Å². The van der Waals surface area contributed by atoms with Crippen molar-refractivity contribution in [1.29, 1.82) is 0 Å². The van der Waals surface area contributed by atoms with E-state index in [9.17, 15) is 9.59 Å². The van der Waals surface area contributed by atoms with Crippen LogP contribution in [-0.4, -0.2) is 24.7 Å². The molecule has 0 aliphatic heterocycles. The van der Waals surface area contributed by atoms with Crippen LogP contribution in [0, 0.1) is 5.92 Å². The van der Waals surface area contributed by atoms with E-state index in [1.807, 2.05) is 0 Å².